The van der Waals surface area contributed by atoms with Gasteiger partial charge in [0.15, 0.2) is 0 Å². The van der Waals surface area contributed by atoms with Crippen LogP contribution in [0.5, 0.6) is 5.75 Å². The van der Waals surface area contributed by atoms with E-state index in [4.69, 9.17) is 10.5 Å². The average molecular weight is 249 g/mol. The standard InChI is InChI=1S/C14H19NO3/c1-2-18-13(16)6-5-9-3-4-10-7-11(15)8-12(10)14(9)17/h3-4,11,17H,2,5-8,15H2,1H3. The monoisotopic (exact) mass is 249 g/mol. The Morgan fingerprint density at radius 3 is 3.00 bits per heavy atom. The van der Waals surface area contributed by atoms with Crippen molar-refractivity contribution in [3.05, 3.63) is 28.8 Å². The second-order valence-electron chi connectivity index (χ2n) is 4.68. The number of fused-ring (bicyclic) bond motifs is 1. The third kappa shape index (κ3) is 2.64. The van der Waals surface area contributed by atoms with Gasteiger partial charge in [0.1, 0.15) is 5.75 Å². The second kappa shape index (κ2) is 5.40. The van der Waals surface area contributed by atoms with Crippen molar-refractivity contribution in [2.45, 2.75) is 38.6 Å². The summed E-state index contributed by atoms with van der Waals surface area (Å²) in [4.78, 5) is 11.3. The summed E-state index contributed by atoms with van der Waals surface area (Å²) in [5.41, 5.74) is 8.76. The van der Waals surface area contributed by atoms with Gasteiger partial charge in [-0.05, 0) is 42.9 Å². The molecular weight excluding hydrogens is 230 g/mol. The molecule has 98 valence electrons. The van der Waals surface area contributed by atoms with Crippen molar-refractivity contribution in [3.63, 3.8) is 0 Å². The Balaban J connectivity index is 2.07. The van der Waals surface area contributed by atoms with E-state index in [0.717, 1.165) is 23.1 Å². The summed E-state index contributed by atoms with van der Waals surface area (Å²) in [6.07, 6.45) is 2.34. The Bertz CT molecular complexity index is 457. The van der Waals surface area contributed by atoms with Gasteiger partial charge in [0.05, 0.1) is 6.61 Å². The number of aryl methyl sites for hydroxylation is 1. The molecule has 1 aromatic carbocycles. The minimum Gasteiger partial charge on any atom is -0.507 e. The molecule has 3 N–H and O–H groups in total. The van der Waals surface area contributed by atoms with E-state index < -0.39 is 0 Å². The normalized spacial score (nSPS) is 17.6. The van der Waals surface area contributed by atoms with Crippen LogP contribution in [0.2, 0.25) is 0 Å². The van der Waals surface area contributed by atoms with E-state index in [1.165, 1.54) is 0 Å². The lowest BCUT2D eigenvalue weighted by Gasteiger charge is -2.09. The van der Waals surface area contributed by atoms with Gasteiger partial charge in [-0.25, -0.2) is 0 Å². The van der Waals surface area contributed by atoms with E-state index in [-0.39, 0.29) is 12.0 Å². The van der Waals surface area contributed by atoms with Crippen molar-refractivity contribution in [3.8, 4) is 5.75 Å². The molecule has 0 saturated carbocycles. The SMILES string of the molecule is CCOC(=O)CCc1ccc2c(c1O)CC(N)C2. The van der Waals surface area contributed by atoms with Crippen LogP contribution in [0.4, 0.5) is 0 Å². The van der Waals surface area contributed by atoms with Gasteiger partial charge in [-0.15, -0.1) is 0 Å². The van der Waals surface area contributed by atoms with Gasteiger partial charge >= 0.3 is 5.97 Å². The van der Waals surface area contributed by atoms with Gasteiger partial charge < -0.3 is 15.6 Å². The van der Waals surface area contributed by atoms with E-state index in [1.807, 2.05) is 12.1 Å². The Labute approximate surface area is 107 Å². The first-order chi connectivity index (χ1) is 8.61. The van der Waals surface area contributed by atoms with Crippen LogP contribution < -0.4 is 5.73 Å². The van der Waals surface area contributed by atoms with Crippen LogP contribution in [0, 0.1) is 0 Å². The molecule has 0 spiro atoms. The molecule has 0 fully saturated rings. The summed E-state index contributed by atoms with van der Waals surface area (Å²) >= 11 is 0. The number of aromatic hydroxyl groups is 1. The fourth-order valence-electron chi connectivity index (χ4n) is 2.43. The molecule has 0 radical (unpaired) electrons. The topological polar surface area (TPSA) is 72.5 Å². The number of rotatable bonds is 4. The highest BCUT2D eigenvalue weighted by molar-refractivity contribution is 5.70. The summed E-state index contributed by atoms with van der Waals surface area (Å²) in [6.45, 7) is 2.18. The predicted octanol–water partition coefficient (Wildman–Crippen LogP) is 1.31. The fraction of sp³-hybridized carbons (Fsp3) is 0.500. The number of hydrogen-bond acceptors (Lipinski definition) is 4. The van der Waals surface area contributed by atoms with Crippen molar-refractivity contribution in [2.24, 2.45) is 5.73 Å². The van der Waals surface area contributed by atoms with Crippen LogP contribution in [-0.4, -0.2) is 23.7 Å². The van der Waals surface area contributed by atoms with Crippen LogP contribution in [0.3, 0.4) is 0 Å². The third-order valence-electron chi connectivity index (χ3n) is 3.32. The van der Waals surface area contributed by atoms with Crippen molar-refractivity contribution < 1.29 is 14.6 Å². The molecule has 0 bridgehead atoms. The maximum Gasteiger partial charge on any atom is 0.306 e. The van der Waals surface area contributed by atoms with E-state index >= 15 is 0 Å². The quantitative estimate of drug-likeness (QED) is 0.789. The number of carbonyl (C=O) groups is 1. The molecule has 18 heavy (non-hydrogen) atoms. The van der Waals surface area contributed by atoms with Gasteiger partial charge in [-0.3, -0.25) is 4.79 Å². The van der Waals surface area contributed by atoms with Crippen molar-refractivity contribution in [2.75, 3.05) is 6.61 Å². The number of carbonyl (C=O) groups excluding carboxylic acids is 1. The number of phenolic OH excluding ortho intramolecular Hbond substituents is 1. The van der Waals surface area contributed by atoms with E-state index in [2.05, 4.69) is 0 Å². The maximum atomic E-state index is 11.3. The maximum absolute atomic E-state index is 11.3. The molecule has 4 heteroatoms. The molecular formula is C14H19NO3. The minimum absolute atomic E-state index is 0.103. The van der Waals surface area contributed by atoms with Gasteiger partial charge in [0, 0.05) is 12.5 Å². The lowest BCUT2D eigenvalue weighted by Crippen LogP contribution is -2.19. The largest absolute Gasteiger partial charge is 0.507 e. The summed E-state index contributed by atoms with van der Waals surface area (Å²) in [5, 5.41) is 10.2. The number of hydrogen-bond donors (Lipinski definition) is 2. The van der Waals surface area contributed by atoms with Gasteiger partial charge in [0.25, 0.3) is 0 Å². The highest BCUT2D eigenvalue weighted by Gasteiger charge is 2.22. The minimum atomic E-state index is -0.228. The zero-order chi connectivity index (χ0) is 13.1. The molecule has 4 nitrogen and oxygen atoms in total. The highest BCUT2D eigenvalue weighted by Crippen LogP contribution is 2.33. The molecule has 0 amide bonds. The predicted molar refractivity (Wildman–Crippen MR) is 68.4 cm³/mol. The van der Waals surface area contributed by atoms with Crippen molar-refractivity contribution in [1.29, 1.82) is 0 Å². The first-order valence-electron chi connectivity index (χ1n) is 6.35. The van der Waals surface area contributed by atoms with E-state index in [1.54, 1.807) is 6.92 Å². The third-order valence-corrected chi connectivity index (χ3v) is 3.32. The molecule has 1 aromatic rings. The average Bonchev–Trinajstić information content (AvgIpc) is 2.70. The first-order valence-corrected chi connectivity index (χ1v) is 6.35. The van der Waals surface area contributed by atoms with E-state index in [0.29, 0.717) is 31.6 Å². The number of ether oxygens (including phenoxy) is 1. The molecule has 0 aromatic heterocycles. The Morgan fingerprint density at radius 2 is 2.28 bits per heavy atom. The smallest absolute Gasteiger partial charge is 0.306 e. The number of phenols is 1. The van der Waals surface area contributed by atoms with E-state index in [9.17, 15) is 9.90 Å². The number of nitrogens with two attached hydrogens (primary N) is 1. The summed E-state index contributed by atoms with van der Waals surface area (Å²) in [7, 11) is 0. The fourth-order valence-corrected chi connectivity index (χ4v) is 2.43. The lowest BCUT2D eigenvalue weighted by molar-refractivity contribution is -0.143. The van der Waals surface area contributed by atoms with Crippen LogP contribution in [-0.2, 0) is 28.8 Å². The van der Waals surface area contributed by atoms with Gasteiger partial charge in [0.2, 0.25) is 0 Å². The highest BCUT2D eigenvalue weighted by atomic mass is 16.5. The lowest BCUT2D eigenvalue weighted by atomic mass is 10.0. The first kappa shape index (κ1) is 12.9. The zero-order valence-corrected chi connectivity index (χ0v) is 10.6. The second-order valence-corrected chi connectivity index (χ2v) is 4.68. The molecule has 1 aliphatic rings. The van der Waals surface area contributed by atoms with Gasteiger partial charge in [-0.1, -0.05) is 12.1 Å². The molecule has 0 saturated heterocycles. The van der Waals surface area contributed by atoms with Crippen LogP contribution in [0.1, 0.15) is 30.0 Å². The molecule has 0 aliphatic heterocycles. The number of benzene rings is 1. The Hall–Kier alpha value is -1.55. The summed E-state index contributed by atoms with van der Waals surface area (Å²) in [5.74, 6) is 0.0823. The Kier molecular flexibility index (Phi) is 3.87. The van der Waals surface area contributed by atoms with Crippen molar-refractivity contribution in [1.82, 2.24) is 0 Å². The molecule has 1 unspecified atom stereocenters. The molecule has 1 atom stereocenters. The summed E-state index contributed by atoms with van der Waals surface area (Å²) < 4.78 is 4.87. The molecule has 2 rings (SSSR count). The van der Waals surface area contributed by atoms with Crippen molar-refractivity contribution >= 4 is 5.97 Å². The van der Waals surface area contributed by atoms with Crippen LogP contribution in [0.15, 0.2) is 12.1 Å². The van der Waals surface area contributed by atoms with Crippen LogP contribution in [0.25, 0.3) is 0 Å². The summed E-state index contributed by atoms with van der Waals surface area (Å²) in [6, 6.07) is 3.99. The Morgan fingerprint density at radius 1 is 1.50 bits per heavy atom. The zero-order valence-electron chi connectivity index (χ0n) is 10.6. The van der Waals surface area contributed by atoms with Crippen LogP contribution >= 0.6 is 0 Å². The van der Waals surface area contributed by atoms with Gasteiger partial charge in [-0.2, -0.15) is 0 Å². The molecule has 1 aliphatic carbocycles. The molecule has 0 heterocycles. The number of esters is 1.